The minimum absolute atomic E-state index is 0.260. The molecule has 0 unspecified atom stereocenters. The highest BCUT2D eigenvalue weighted by Gasteiger charge is 2.31. The van der Waals surface area contributed by atoms with Crippen LogP contribution in [0.3, 0.4) is 0 Å². The highest BCUT2D eigenvalue weighted by atomic mass is 19.4. The van der Waals surface area contributed by atoms with E-state index >= 15 is 0 Å². The summed E-state index contributed by atoms with van der Waals surface area (Å²) in [4.78, 5) is 1.42. The Morgan fingerprint density at radius 3 is 2.35 bits per heavy atom. The maximum atomic E-state index is 12.4. The largest absolute Gasteiger partial charge is 0.573 e. The molecular weight excluding hydrogens is 343 g/mol. The van der Waals surface area contributed by atoms with Crippen molar-refractivity contribution >= 4 is 11.6 Å². The summed E-state index contributed by atoms with van der Waals surface area (Å²) in [6.07, 6.45) is -1.53. The minimum atomic E-state index is -4.77. The van der Waals surface area contributed by atoms with Gasteiger partial charge in [-0.2, -0.15) is 0 Å². The molecule has 0 aliphatic rings. The molecule has 26 heavy (non-hydrogen) atoms. The van der Waals surface area contributed by atoms with Crippen LogP contribution < -0.4 is 15.4 Å². The third kappa shape index (κ3) is 5.98. The number of guanidine groups is 1. The van der Waals surface area contributed by atoms with Gasteiger partial charge in [0.15, 0.2) is 5.96 Å². The van der Waals surface area contributed by atoms with Crippen LogP contribution in [0, 0.1) is 5.41 Å². The van der Waals surface area contributed by atoms with Crippen molar-refractivity contribution in [3.63, 3.8) is 0 Å². The molecule has 0 saturated heterocycles. The molecule has 0 aliphatic carbocycles. The summed E-state index contributed by atoms with van der Waals surface area (Å²) in [6, 6.07) is 13.4. The van der Waals surface area contributed by atoms with E-state index in [4.69, 9.17) is 11.1 Å². The molecule has 0 atom stereocenters. The van der Waals surface area contributed by atoms with Crippen LogP contribution in [-0.2, 0) is 13.0 Å². The molecule has 140 valence electrons. The molecule has 0 radical (unpaired) electrons. The van der Waals surface area contributed by atoms with Crippen molar-refractivity contribution in [3.05, 3.63) is 59.7 Å². The second kappa shape index (κ2) is 8.60. The summed E-state index contributed by atoms with van der Waals surface area (Å²) in [7, 11) is 0. The fraction of sp³-hybridized carbons (Fsp3) is 0.316. The molecule has 0 amide bonds. The molecule has 0 fully saturated rings. The van der Waals surface area contributed by atoms with E-state index in [2.05, 4.69) is 11.7 Å². The van der Waals surface area contributed by atoms with Crippen molar-refractivity contribution in [1.29, 1.82) is 5.41 Å². The number of benzene rings is 2. The molecule has 0 aromatic heterocycles. The van der Waals surface area contributed by atoms with E-state index < -0.39 is 6.36 Å². The number of nitrogens with two attached hydrogens (primary N) is 1. The summed E-state index contributed by atoms with van der Waals surface area (Å²) in [6.45, 7) is 2.41. The highest BCUT2D eigenvalue weighted by Crippen LogP contribution is 2.27. The first-order valence-electron chi connectivity index (χ1n) is 8.33. The SMILES string of the molecule is CCCCc1ccc(CN(C(=N)N)c2cccc(OC(F)(F)F)c2)cc1. The number of unbranched alkanes of at least 4 members (excludes halogenated alkanes) is 1. The lowest BCUT2D eigenvalue weighted by molar-refractivity contribution is -0.274. The van der Waals surface area contributed by atoms with Gasteiger partial charge < -0.3 is 15.4 Å². The van der Waals surface area contributed by atoms with Gasteiger partial charge in [0.1, 0.15) is 5.75 Å². The van der Waals surface area contributed by atoms with Crippen LogP contribution in [0.2, 0.25) is 0 Å². The first kappa shape index (κ1) is 19.6. The zero-order valence-corrected chi connectivity index (χ0v) is 14.5. The lowest BCUT2D eigenvalue weighted by Gasteiger charge is -2.23. The number of nitrogens with zero attached hydrogens (tertiary/aromatic N) is 1. The van der Waals surface area contributed by atoms with Gasteiger partial charge in [-0.15, -0.1) is 13.2 Å². The lowest BCUT2D eigenvalue weighted by atomic mass is 10.1. The smallest absolute Gasteiger partial charge is 0.406 e. The molecule has 0 bridgehead atoms. The Hall–Kier alpha value is -2.70. The van der Waals surface area contributed by atoms with Crippen molar-refractivity contribution in [2.75, 3.05) is 4.90 Å². The van der Waals surface area contributed by atoms with E-state index in [1.165, 1.54) is 28.7 Å². The maximum Gasteiger partial charge on any atom is 0.573 e. The van der Waals surface area contributed by atoms with Gasteiger partial charge >= 0.3 is 6.36 Å². The molecule has 0 heterocycles. The van der Waals surface area contributed by atoms with Crippen LogP contribution in [0.25, 0.3) is 0 Å². The first-order valence-corrected chi connectivity index (χ1v) is 8.33. The zero-order chi connectivity index (χ0) is 19.2. The van der Waals surface area contributed by atoms with E-state index in [1.807, 2.05) is 24.3 Å². The van der Waals surface area contributed by atoms with Crippen LogP contribution in [0.1, 0.15) is 30.9 Å². The summed E-state index contributed by atoms with van der Waals surface area (Å²) in [5.74, 6) is -0.611. The monoisotopic (exact) mass is 365 g/mol. The van der Waals surface area contributed by atoms with E-state index in [1.54, 1.807) is 6.07 Å². The number of hydrogen-bond acceptors (Lipinski definition) is 2. The number of alkyl halides is 3. The van der Waals surface area contributed by atoms with Gasteiger partial charge in [-0.25, -0.2) is 0 Å². The number of halogens is 3. The van der Waals surface area contributed by atoms with Crippen LogP contribution >= 0.6 is 0 Å². The van der Waals surface area contributed by atoms with Gasteiger partial charge in [0.25, 0.3) is 0 Å². The van der Waals surface area contributed by atoms with Crippen molar-refractivity contribution < 1.29 is 17.9 Å². The third-order valence-corrected chi connectivity index (χ3v) is 3.84. The second-order valence-electron chi connectivity index (χ2n) is 5.94. The van der Waals surface area contributed by atoms with Gasteiger partial charge in [-0.1, -0.05) is 43.7 Å². The van der Waals surface area contributed by atoms with Crippen LogP contribution in [0.4, 0.5) is 18.9 Å². The van der Waals surface area contributed by atoms with E-state index in [0.717, 1.165) is 24.8 Å². The number of ether oxygens (including phenoxy) is 1. The van der Waals surface area contributed by atoms with Gasteiger partial charge in [0, 0.05) is 11.8 Å². The number of anilines is 1. The van der Waals surface area contributed by atoms with Crippen LogP contribution in [-0.4, -0.2) is 12.3 Å². The highest BCUT2D eigenvalue weighted by molar-refractivity contribution is 5.92. The quantitative estimate of drug-likeness (QED) is 0.546. The predicted molar refractivity (Wildman–Crippen MR) is 96.3 cm³/mol. The normalized spacial score (nSPS) is 11.2. The number of rotatable bonds is 7. The Kier molecular flexibility index (Phi) is 6.49. The lowest BCUT2D eigenvalue weighted by Crippen LogP contribution is -2.36. The van der Waals surface area contributed by atoms with Gasteiger partial charge in [-0.05, 0) is 36.1 Å². The standard InChI is InChI=1S/C19H22F3N3O/c1-2-3-5-14-8-10-15(11-9-14)13-25(18(23)24)16-6-4-7-17(12-16)26-19(20,21)22/h4,6-12H,2-3,5,13H2,1H3,(H3,23,24). The summed E-state index contributed by atoms with van der Waals surface area (Å²) in [5.41, 5.74) is 8.12. The third-order valence-electron chi connectivity index (χ3n) is 3.84. The average Bonchev–Trinajstić information content (AvgIpc) is 2.57. The maximum absolute atomic E-state index is 12.4. The van der Waals surface area contributed by atoms with E-state index in [9.17, 15) is 13.2 Å². The fourth-order valence-corrected chi connectivity index (χ4v) is 2.54. The average molecular weight is 365 g/mol. The van der Waals surface area contributed by atoms with Crippen LogP contribution in [0.5, 0.6) is 5.75 Å². The molecule has 0 aliphatic heterocycles. The Bertz CT molecular complexity index is 730. The Morgan fingerprint density at radius 2 is 1.77 bits per heavy atom. The topological polar surface area (TPSA) is 62.3 Å². The first-order chi connectivity index (χ1) is 12.3. The number of nitrogens with one attached hydrogen (secondary N) is 1. The Morgan fingerprint density at radius 1 is 1.12 bits per heavy atom. The molecule has 3 N–H and O–H groups in total. The molecule has 4 nitrogen and oxygen atoms in total. The molecule has 2 aromatic carbocycles. The van der Waals surface area contributed by atoms with Gasteiger partial charge in [-0.3, -0.25) is 5.41 Å². The summed E-state index contributed by atoms with van der Waals surface area (Å²) < 4.78 is 41.1. The molecule has 0 saturated carbocycles. The van der Waals surface area contributed by atoms with E-state index in [-0.39, 0.29) is 18.3 Å². The summed E-state index contributed by atoms with van der Waals surface area (Å²) >= 11 is 0. The van der Waals surface area contributed by atoms with Crippen molar-refractivity contribution in [3.8, 4) is 5.75 Å². The molecule has 0 spiro atoms. The molecule has 2 rings (SSSR count). The number of aryl methyl sites for hydroxylation is 1. The second-order valence-corrected chi connectivity index (χ2v) is 5.94. The fourth-order valence-electron chi connectivity index (χ4n) is 2.54. The minimum Gasteiger partial charge on any atom is -0.406 e. The zero-order valence-electron chi connectivity index (χ0n) is 14.5. The van der Waals surface area contributed by atoms with Gasteiger partial charge in [0.2, 0.25) is 0 Å². The van der Waals surface area contributed by atoms with Crippen molar-refractivity contribution in [2.45, 2.75) is 39.1 Å². The summed E-state index contributed by atoms with van der Waals surface area (Å²) in [5, 5.41) is 7.76. The molecule has 2 aromatic rings. The van der Waals surface area contributed by atoms with Gasteiger partial charge in [0.05, 0.1) is 6.54 Å². The predicted octanol–water partition coefficient (Wildman–Crippen LogP) is 4.83. The van der Waals surface area contributed by atoms with Crippen LogP contribution in [0.15, 0.2) is 48.5 Å². The Labute approximate surface area is 150 Å². The Balaban J connectivity index is 2.16. The van der Waals surface area contributed by atoms with Crippen molar-refractivity contribution in [2.24, 2.45) is 5.73 Å². The molecule has 7 heteroatoms. The number of hydrogen-bond donors (Lipinski definition) is 2. The molecular formula is C19H22F3N3O. The van der Waals surface area contributed by atoms with Crippen molar-refractivity contribution in [1.82, 2.24) is 0 Å². The van der Waals surface area contributed by atoms with E-state index in [0.29, 0.717) is 5.69 Å².